The minimum absolute atomic E-state index is 0.968. The van der Waals surface area contributed by atoms with Crippen LogP contribution in [0.5, 0.6) is 0 Å². The van der Waals surface area contributed by atoms with Crippen LogP contribution in [0.1, 0.15) is 0 Å². The van der Waals surface area contributed by atoms with E-state index < -0.39 is 357 Å². The summed E-state index contributed by atoms with van der Waals surface area (Å²) in [4.78, 5) is 18.8. The van der Waals surface area contributed by atoms with Crippen LogP contribution in [0.4, 0.5) is 0 Å². The second-order valence-corrected chi connectivity index (χ2v) is 241. The highest BCUT2D eigenvalue weighted by Crippen LogP contribution is 1.98. The third-order valence-corrected chi connectivity index (χ3v) is 368. The number of hydrogen-bond acceptors (Lipinski definition) is 46. The molecule has 0 amide bonds. The molecule has 0 aromatic carbocycles. The Hall–Kier alpha value is 1.10. The lowest BCUT2D eigenvalue weighted by atomic mass is 11.9. The summed E-state index contributed by atoms with van der Waals surface area (Å²) in [5.41, 5.74) is 0. The molecular formula is C2H10O46Si46. The fourth-order valence-corrected chi connectivity index (χ4v) is 540. The zero-order valence-electron chi connectivity index (χ0n) is 44.1. The quantitative estimate of drug-likeness (QED) is 0.0535. The Morgan fingerprint density at radius 1 is 0.160 bits per heavy atom. The maximum Gasteiger partial charge on any atom is 0.381 e. The zero-order chi connectivity index (χ0) is 74.6. The molecule has 0 spiro atoms. The zero-order valence-corrected chi connectivity index (χ0v) is 90.5. The molecule has 0 aliphatic carbocycles. The Labute approximate surface area is 568 Å². The summed E-state index contributed by atoms with van der Waals surface area (Å²) in [6.07, 6.45) is 0. The third kappa shape index (κ3) is 24.1. The van der Waals surface area contributed by atoms with Gasteiger partial charge in [0.1, 0.15) is 0 Å². The first-order chi connectivity index (χ1) is 42.6. The second-order valence-electron chi connectivity index (χ2n) is 16.3. The molecule has 46 nitrogen and oxygen atoms in total. The van der Waals surface area contributed by atoms with Gasteiger partial charge in [0.15, 0.2) is 0 Å². The van der Waals surface area contributed by atoms with Crippen molar-refractivity contribution < 1.29 is 206 Å². The summed E-state index contributed by atoms with van der Waals surface area (Å²) in [6, 6.07) is 0. The fourth-order valence-electron chi connectivity index (χ4n) is 4.70. The first kappa shape index (κ1) is 95.1. The Kier molecular flexibility index (Phi) is 42.0. The van der Waals surface area contributed by atoms with Crippen molar-refractivity contribution in [1.82, 2.24) is 0 Å². The van der Waals surface area contributed by atoms with E-state index in [1.54, 1.807) is 0 Å². The normalized spacial score (nSPS) is 10.3. The summed E-state index contributed by atoms with van der Waals surface area (Å²) in [5, 5.41) is 0. The predicted molar refractivity (Wildman–Crippen MR) is 314 cm³/mol. The lowest BCUT2D eigenvalue weighted by Crippen LogP contribution is -2.58. The van der Waals surface area contributed by atoms with Gasteiger partial charge in [-0.2, -0.15) is 0 Å². The first-order valence-electron chi connectivity index (χ1n) is 21.9. The van der Waals surface area contributed by atoms with Crippen molar-refractivity contribution in [2.75, 3.05) is 0 Å². The van der Waals surface area contributed by atoms with Crippen LogP contribution in [-0.2, 0) is 196 Å². The van der Waals surface area contributed by atoms with Crippen LogP contribution < -0.4 is 0 Å². The van der Waals surface area contributed by atoms with Crippen LogP contribution in [0.3, 0.4) is 0 Å². The van der Waals surface area contributed by atoms with Crippen molar-refractivity contribution in [1.29, 1.82) is 0 Å². The molecule has 0 aliphatic rings. The van der Waals surface area contributed by atoms with E-state index in [9.17, 15) is 201 Å². The van der Waals surface area contributed by atoms with Crippen molar-refractivity contribution in [2.24, 2.45) is 0 Å². The molecule has 0 rings (SSSR count). The molecule has 0 saturated heterocycles. The average Bonchev–Trinajstić information content (AvgIpc) is 0.833. The summed E-state index contributed by atoms with van der Waals surface area (Å²) < 4.78 is 556. The monoisotopic (exact) mass is 2060 g/mol. The van der Waals surface area contributed by atoms with E-state index in [4.69, 9.17) is 4.80 Å². The summed E-state index contributed by atoms with van der Waals surface area (Å²) in [6.45, 7) is 1.94. The van der Waals surface area contributed by atoms with Crippen molar-refractivity contribution in [2.45, 2.75) is 13.1 Å². The Morgan fingerprint density at radius 2 is 0.234 bits per heavy atom. The van der Waals surface area contributed by atoms with E-state index in [0.29, 0.717) is 0 Å². The van der Waals surface area contributed by atoms with E-state index in [1.165, 1.54) is 0 Å². The molecule has 0 fully saturated rings. The van der Waals surface area contributed by atoms with Gasteiger partial charge in [0.2, 0.25) is 17.1 Å². The van der Waals surface area contributed by atoms with E-state index >= 15 is 0 Å². The maximum atomic E-state index is 12.8. The highest BCUT2D eigenvalue weighted by molar-refractivity contribution is 7.87. The highest BCUT2D eigenvalue weighted by atomic mass is 30.2. The van der Waals surface area contributed by atoms with Gasteiger partial charge in [0.25, 0.3) is 0 Å². The Bertz CT molecular complexity index is 4300. The molecule has 0 unspecified atom stereocenters. The van der Waals surface area contributed by atoms with E-state index in [-0.39, 0.29) is 0 Å². The van der Waals surface area contributed by atoms with Gasteiger partial charge in [-0.25, -0.2) is 0 Å². The number of hydrogen-bond donors (Lipinski definition) is 2. The van der Waals surface area contributed by atoms with Crippen molar-refractivity contribution >= 4 is 357 Å². The SMILES string of the molecule is C[Si](C)(O)[Si](=O)[Si](=O)[Si](=O)[Si](=O)[Si](=O)[Si](=O)[Si](=O)[Si](=O)[Si](=O)[Si](=O)[Si](=O)[Si](=O)[Si](=O)[Si](=O)[Si](=O)[Si](=O)[Si](=O)[Si](=O)[Si](=O)[Si](=O)[Si](=O)[Si](=O)[Si](=O)[Si](=O)[Si](=O)[Si](=O)[Si](=O)[Si](=O)[Si](=O)[Si](=O)[Si](=O)[Si](=O)[Si](=O)[Si](=O)[Si](=O)[Si](=O)[Si](=O)[Si](=O)[Si](=O)[Si](=O)[Si](=O)[Si](=O)[Si](=O)[Si](=O)[SiH2]O. The molecule has 2 N–H and O–H groups in total. The second kappa shape index (κ2) is 41.6. The molecule has 0 bridgehead atoms. The molecule has 0 radical (unpaired) electrons. The molecule has 0 heterocycles. The maximum absolute atomic E-state index is 12.8. The van der Waals surface area contributed by atoms with Gasteiger partial charge in [-0.1, -0.05) is 0 Å². The minimum atomic E-state index is -4.90. The van der Waals surface area contributed by atoms with E-state index in [2.05, 4.69) is 0 Å². The van der Waals surface area contributed by atoms with E-state index in [1.807, 2.05) is 0 Å². The van der Waals surface area contributed by atoms with Gasteiger partial charge in [-0.3, -0.25) is 0 Å². The largest absolute Gasteiger partial charge is 0.434 e. The molecule has 0 aromatic rings. The lowest BCUT2D eigenvalue weighted by molar-refractivity contribution is 0.530. The summed E-state index contributed by atoms with van der Waals surface area (Å²) in [7, 11) is -210. The van der Waals surface area contributed by atoms with Crippen LogP contribution in [-0.4, -0.2) is 366 Å². The molecule has 94 heavy (non-hydrogen) atoms. The van der Waals surface area contributed by atoms with Gasteiger partial charge in [0, 0.05) is 0 Å². The first-order valence-corrected chi connectivity index (χ1v) is 134. The molecule has 478 valence electrons. The lowest BCUT2D eigenvalue weighted by Gasteiger charge is -2.06. The van der Waals surface area contributed by atoms with Crippen molar-refractivity contribution in [3.63, 3.8) is 0 Å². The Balaban J connectivity index is 6.02. The number of rotatable bonds is 45. The molecule has 0 aromatic heterocycles. The molecule has 0 aliphatic heterocycles. The standard InChI is InChI=1S/C2H10O46Si46/c1-94(2,48)93(47)92(46)91(45)90(44)89(43)88(42)87(41)86(40)85(39)84(38)83(37)82(36)81(35)80(34)79(33)78(32)77(31)76(30)75(29)74(28)73(27)72(26)71(25)70(24)69(23)68(22)67(21)66(20)65(19)64(18)63(17)62(16)61(15)60(14)59(13)58(12)57(11)56(10)55(9)54(8)53(7)52(6)51(5)50(4)49-3/h3,48H,49H2,1-2H3. The van der Waals surface area contributed by atoms with Crippen LogP contribution in [0.2, 0.25) is 13.1 Å². The van der Waals surface area contributed by atoms with Gasteiger partial charge >= 0.3 is 340 Å². The molecule has 0 saturated carbocycles. The van der Waals surface area contributed by atoms with Gasteiger partial charge < -0.3 is 206 Å². The predicted octanol–water partition coefficient (Wildman–Crippen LogP) is -23.2. The van der Waals surface area contributed by atoms with Crippen LogP contribution in [0.25, 0.3) is 0 Å². The molecular weight excluding hydrogens is 2050 g/mol. The summed E-state index contributed by atoms with van der Waals surface area (Å²) in [5.74, 6) is 0. The van der Waals surface area contributed by atoms with Crippen molar-refractivity contribution in [3.05, 3.63) is 0 Å². The van der Waals surface area contributed by atoms with Crippen LogP contribution in [0, 0.1) is 0 Å². The summed E-state index contributed by atoms with van der Waals surface area (Å²) >= 11 is 0. The third-order valence-electron chi connectivity index (χ3n) is 9.61. The average molecular weight is 2060 g/mol. The van der Waals surface area contributed by atoms with Crippen LogP contribution >= 0.6 is 0 Å². The fraction of sp³-hybridized carbons (Fsp3) is 1.00. The Morgan fingerprint density at radius 3 is 0.309 bits per heavy atom. The smallest absolute Gasteiger partial charge is 0.381 e. The van der Waals surface area contributed by atoms with E-state index in [0.717, 1.165) is 13.1 Å². The minimum Gasteiger partial charge on any atom is -0.434 e. The topological polar surface area (TPSA) is 792 Å². The highest BCUT2D eigenvalue weighted by Gasteiger charge is 2.61. The van der Waals surface area contributed by atoms with Crippen molar-refractivity contribution in [3.8, 4) is 0 Å². The molecule has 0 atom stereocenters. The van der Waals surface area contributed by atoms with Gasteiger partial charge in [0.05, 0.1) is 0 Å². The van der Waals surface area contributed by atoms with Crippen LogP contribution in [0.15, 0.2) is 0 Å². The molecule has 92 heteroatoms. The van der Waals surface area contributed by atoms with Gasteiger partial charge in [-0.15, -0.1) is 0 Å². The van der Waals surface area contributed by atoms with Gasteiger partial charge in [-0.05, 0) is 13.1 Å².